The number of piperidine rings is 1. The lowest BCUT2D eigenvalue weighted by atomic mass is 9.98. The molecular formula is C11H17NO5S. The normalized spacial score (nSPS) is 32.6. The van der Waals surface area contributed by atoms with Gasteiger partial charge in [-0.25, -0.2) is 8.42 Å². The first-order chi connectivity index (χ1) is 8.34. The van der Waals surface area contributed by atoms with Crippen molar-refractivity contribution in [1.82, 2.24) is 4.31 Å². The van der Waals surface area contributed by atoms with Crippen LogP contribution in [0.2, 0.25) is 0 Å². The molecule has 0 aromatic rings. The maximum atomic E-state index is 11.8. The van der Waals surface area contributed by atoms with Gasteiger partial charge in [0.1, 0.15) is 5.78 Å². The molecule has 2 heterocycles. The lowest BCUT2D eigenvalue weighted by molar-refractivity contribution is -0.148. The number of carbonyl (C=O) groups excluding carboxylic acids is 2. The van der Waals surface area contributed by atoms with Crippen molar-refractivity contribution in [1.29, 1.82) is 0 Å². The van der Waals surface area contributed by atoms with Crippen LogP contribution in [0.15, 0.2) is 0 Å². The molecule has 3 unspecified atom stereocenters. The molecule has 7 heteroatoms. The van der Waals surface area contributed by atoms with Gasteiger partial charge in [-0.05, 0) is 13.3 Å². The zero-order chi connectivity index (χ0) is 13.5. The van der Waals surface area contributed by atoms with E-state index in [4.69, 9.17) is 4.74 Å². The SMILES string of the molecule is CCOC(=O)C1CC2CC(=O)CC1N2S(C)(=O)=O. The van der Waals surface area contributed by atoms with E-state index in [1.54, 1.807) is 6.92 Å². The molecule has 0 amide bonds. The fourth-order valence-corrected chi connectivity index (χ4v) is 4.42. The van der Waals surface area contributed by atoms with Crippen molar-refractivity contribution in [3.05, 3.63) is 0 Å². The summed E-state index contributed by atoms with van der Waals surface area (Å²) < 4.78 is 29.8. The van der Waals surface area contributed by atoms with Gasteiger partial charge in [-0.1, -0.05) is 0 Å². The Hall–Kier alpha value is -0.950. The van der Waals surface area contributed by atoms with Crippen LogP contribution in [-0.4, -0.2) is 49.4 Å². The number of rotatable bonds is 3. The highest BCUT2D eigenvalue weighted by molar-refractivity contribution is 7.88. The minimum Gasteiger partial charge on any atom is -0.466 e. The van der Waals surface area contributed by atoms with E-state index in [-0.39, 0.29) is 31.3 Å². The third-order valence-electron chi connectivity index (χ3n) is 3.55. The summed E-state index contributed by atoms with van der Waals surface area (Å²) in [7, 11) is -3.39. The number of hydrogen-bond acceptors (Lipinski definition) is 5. The predicted octanol–water partition coefficient (Wildman–Crippen LogP) is -0.0689. The van der Waals surface area contributed by atoms with Gasteiger partial charge in [0.05, 0.1) is 18.8 Å². The molecule has 0 N–H and O–H groups in total. The van der Waals surface area contributed by atoms with Gasteiger partial charge in [0.25, 0.3) is 0 Å². The van der Waals surface area contributed by atoms with E-state index < -0.39 is 28.0 Å². The number of ether oxygens (including phenoxy) is 1. The molecule has 2 saturated heterocycles. The molecule has 3 atom stereocenters. The summed E-state index contributed by atoms with van der Waals surface area (Å²) in [6, 6.07) is -0.925. The molecular weight excluding hydrogens is 258 g/mol. The average Bonchev–Trinajstić information content (AvgIpc) is 2.48. The number of ketones is 1. The zero-order valence-corrected chi connectivity index (χ0v) is 11.3. The Kier molecular flexibility index (Phi) is 3.46. The van der Waals surface area contributed by atoms with Crippen LogP contribution in [0, 0.1) is 5.92 Å². The monoisotopic (exact) mass is 275 g/mol. The maximum absolute atomic E-state index is 11.8. The van der Waals surface area contributed by atoms with E-state index in [1.165, 1.54) is 4.31 Å². The number of hydrogen-bond donors (Lipinski definition) is 0. The summed E-state index contributed by atoms with van der Waals surface area (Å²) in [6.45, 7) is 1.97. The van der Waals surface area contributed by atoms with E-state index in [9.17, 15) is 18.0 Å². The van der Waals surface area contributed by atoms with Gasteiger partial charge in [0.15, 0.2) is 0 Å². The molecule has 18 heavy (non-hydrogen) atoms. The number of sulfonamides is 1. The molecule has 2 fully saturated rings. The molecule has 2 aliphatic heterocycles. The largest absolute Gasteiger partial charge is 0.466 e. The van der Waals surface area contributed by atoms with Gasteiger partial charge < -0.3 is 4.74 Å². The number of carbonyl (C=O) groups is 2. The Morgan fingerprint density at radius 1 is 1.44 bits per heavy atom. The van der Waals surface area contributed by atoms with Crippen molar-refractivity contribution in [2.75, 3.05) is 12.9 Å². The van der Waals surface area contributed by atoms with Crippen LogP contribution in [0.1, 0.15) is 26.2 Å². The van der Waals surface area contributed by atoms with E-state index in [1.807, 2.05) is 0 Å². The lowest BCUT2D eigenvalue weighted by Crippen LogP contribution is -2.48. The Morgan fingerprint density at radius 3 is 2.67 bits per heavy atom. The van der Waals surface area contributed by atoms with Gasteiger partial charge in [-0.3, -0.25) is 9.59 Å². The molecule has 2 rings (SSSR count). The highest BCUT2D eigenvalue weighted by Gasteiger charge is 2.53. The van der Waals surface area contributed by atoms with Gasteiger partial charge in [0.2, 0.25) is 10.0 Å². The molecule has 6 nitrogen and oxygen atoms in total. The van der Waals surface area contributed by atoms with Crippen molar-refractivity contribution < 1.29 is 22.7 Å². The second-order valence-electron chi connectivity index (χ2n) is 4.86. The molecule has 0 aromatic carbocycles. The Balaban J connectivity index is 2.28. The van der Waals surface area contributed by atoms with Crippen molar-refractivity contribution in [2.24, 2.45) is 5.92 Å². The van der Waals surface area contributed by atoms with Crippen molar-refractivity contribution in [3.8, 4) is 0 Å². The first kappa shape index (κ1) is 13.5. The quantitative estimate of drug-likeness (QED) is 0.674. The molecule has 2 aliphatic rings. The van der Waals surface area contributed by atoms with Crippen molar-refractivity contribution in [2.45, 2.75) is 38.3 Å². The number of nitrogens with zero attached hydrogens (tertiary/aromatic N) is 1. The minimum atomic E-state index is -3.39. The molecule has 0 spiro atoms. The highest BCUT2D eigenvalue weighted by atomic mass is 32.2. The van der Waals surface area contributed by atoms with E-state index in [0.29, 0.717) is 6.42 Å². The first-order valence-electron chi connectivity index (χ1n) is 6.01. The Morgan fingerprint density at radius 2 is 2.11 bits per heavy atom. The summed E-state index contributed by atoms with van der Waals surface area (Å²) in [5.41, 5.74) is 0. The predicted molar refractivity (Wildman–Crippen MR) is 63.2 cm³/mol. The van der Waals surface area contributed by atoms with E-state index >= 15 is 0 Å². The fourth-order valence-electron chi connectivity index (χ4n) is 3.01. The van der Waals surface area contributed by atoms with Gasteiger partial charge in [0, 0.05) is 24.9 Å². The summed E-state index contributed by atoms with van der Waals surface area (Å²) in [4.78, 5) is 23.4. The number of fused-ring (bicyclic) bond motifs is 2. The third kappa shape index (κ3) is 2.29. The molecule has 0 radical (unpaired) electrons. The molecule has 0 aromatic heterocycles. The summed E-state index contributed by atoms with van der Waals surface area (Å²) >= 11 is 0. The zero-order valence-electron chi connectivity index (χ0n) is 10.5. The van der Waals surface area contributed by atoms with Crippen molar-refractivity contribution in [3.63, 3.8) is 0 Å². The van der Waals surface area contributed by atoms with Crippen LogP contribution in [-0.2, 0) is 24.3 Å². The Labute approximate surface area is 106 Å². The second-order valence-corrected chi connectivity index (χ2v) is 6.74. The summed E-state index contributed by atoms with van der Waals surface area (Å²) in [6.07, 6.45) is 1.84. The molecule has 0 aliphatic carbocycles. The van der Waals surface area contributed by atoms with E-state index in [0.717, 1.165) is 6.26 Å². The van der Waals surface area contributed by atoms with Crippen LogP contribution in [0.5, 0.6) is 0 Å². The number of Topliss-reactive ketones (excluding diaryl/α,β-unsaturated/α-hetero) is 1. The molecule has 102 valence electrons. The smallest absolute Gasteiger partial charge is 0.310 e. The standard InChI is InChI=1S/C11H17NO5S/c1-3-17-11(14)9-5-7-4-8(13)6-10(9)12(7)18(2,15)16/h7,9-10H,3-6H2,1-2H3. The van der Waals surface area contributed by atoms with Gasteiger partial charge in [-0.15, -0.1) is 0 Å². The third-order valence-corrected chi connectivity index (χ3v) is 4.88. The Bertz CT molecular complexity index is 472. The summed E-state index contributed by atoms with van der Waals surface area (Å²) in [5, 5.41) is 0. The summed E-state index contributed by atoms with van der Waals surface area (Å²) in [5.74, 6) is -0.874. The van der Waals surface area contributed by atoms with Crippen LogP contribution < -0.4 is 0 Å². The van der Waals surface area contributed by atoms with Crippen LogP contribution >= 0.6 is 0 Å². The number of esters is 1. The van der Waals surface area contributed by atoms with Gasteiger partial charge in [-0.2, -0.15) is 4.31 Å². The van der Waals surface area contributed by atoms with Crippen LogP contribution in [0.4, 0.5) is 0 Å². The first-order valence-corrected chi connectivity index (χ1v) is 7.86. The topological polar surface area (TPSA) is 80.8 Å². The van der Waals surface area contributed by atoms with Gasteiger partial charge >= 0.3 is 5.97 Å². The highest BCUT2D eigenvalue weighted by Crippen LogP contribution is 2.40. The maximum Gasteiger partial charge on any atom is 0.310 e. The molecule has 2 bridgehead atoms. The van der Waals surface area contributed by atoms with Crippen molar-refractivity contribution >= 4 is 21.8 Å². The van der Waals surface area contributed by atoms with Crippen LogP contribution in [0.3, 0.4) is 0 Å². The second kappa shape index (κ2) is 4.62. The molecule has 0 saturated carbocycles. The van der Waals surface area contributed by atoms with E-state index in [2.05, 4.69) is 0 Å². The minimum absolute atomic E-state index is 0.0247. The fraction of sp³-hybridized carbons (Fsp3) is 0.818. The lowest BCUT2D eigenvalue weighted by Gasteiger charge is -2.32. The van der Waals surface area contributed by atoms with Crippen LogP contribution in [0.25, 0.3) is 0 Å². The average molecular weight is 275 g/mol.